The summed E-state index contributed by atoms with van der Waals surface area (Å²) in [5.74, 6) is -1.04. The second kappa shape index (κ2) is 6.89. The minimum absolute atomic E-state index is 0.157. The molecule has 1 amide bonds. The first-order valence-electron chi connectivity index (χ1n) is 8.13. The molecule has 2 heterocycles. The normalized spacial score (nSPS) is 21.0. The van der Waals surface area contributed by atoms with Gasteiger partial charge in [0.05, 0.1) is 0 Å². The van der Waals surface area contributed by atoms with Gasteiger partial charge in [0.1, 0.15) is 10.7 Å². The van der Waals surface area contributed by atoms with Crippen molar-refractivity contribution < 1.29 is 18.7 Å². The molecule has 4 nitrogen and oxygen atoms in total. The van der Waals surface area contributed by atoms with Crippen molar-refractivity contribution in [2.24, 2.45) is 0 Å². The third kappa shape index (κ3) is 3.43. The summed E-state index contributed by atoms with van der Waals surface area (Å²) in [6.45, 7) is 3.79. The Hall–Kier alpha value is -1.95. The lowest BCUT2D eigenvalue weighted by atomic mass is 9.97. The summed E-state index contributed by atoms with van der Waals surface area (Å²) in [7, 11) is 0. The number of rotatable bonds is 3. The number of thiophene rings is 1. The number of piperidine rings is 1. The molecule has 128 valence electrons. The Balaban J connectivity index is 1.64. The van der Waals surface area contributed by atoms with Gasteiger partial charge in [0.2, 0.25) is 0 Å². The number of nitrogens with zero attached hydrogens (tertiary/aromatic N) is 1. The molecule has 0 spiro atoms. The van der Waals surface area contributed by atoms with Crippen molar-refractivity contribution >= 4 is 33.3 Å². The number of ether oxygens (including phenoxy) is 1. The molecule has 0 bridgehead atoms. The van der Waals surface area contributed by atoms with Gasteiger partial charge in [-0.3, -0.25) is 4.79 Å². The van der Waals surface area contributed by atoms with E-state index in [1.165, 1.54) is 23.5 Å². The number of amides is 1. The number of esters is 1. The predicted octanol–water partition coefficient (Wildman–Crippen LogP) is 3.99. The van der Waals surface area contributed by atoms with Crippen LogP contribution >= 0.6 is 11.3 Å². The first-order valence-corrected chi connectivity index (χ1v) is 8.94. The summed E-state index contributed by atoms with van der Waals surface area (Å²) in [5, 5.41) is 0.663. The molecule has 1 aliphatic heterocycles. The van der Waals surface area contributed by atoms with E-state index >= 15 is 0 Å². The minimum Gasteiger partial charge on any atom is -0.451 e. The monoisotopic (exact) mass is 349 g/mol. The molecule has 0 aliphatic carbocycles. The Labute approximate surface area is 144 Å². The molecule has 6 heteroatoms. The first kappa shape index (κ1) is 16.9. The number of benzene rings is 1. The summed E-state index contributed by atoms with van der Waals surface area (Å²) in [6, 6.07) is 6.32. The van der Waals surface area contributed by atoms with Crippen molar-refractivity contribution in [2.75, 3.05) is 6.61 Å². The van der Waals surface area contributed by atoms with Gasteiger partial charge in [0, 0.05) is 16.8 Å². The number of hydrogen-bond donors (Lipinski definition) is 0. The fourth-order valence-electron chi connectivity index (χ4n) is 3.30. The molecular formula is C18H20FNO3S. The Bertz CT molecular complexity index is 763. The first-order chi connectivity index (χ1) is 11.5. The van der Waals surface area contributed by atoms with Crippen LogP contribution in [0.4, 0.5) is 4.39 Å². The van der Waals surface area contributed by atoms with Crippen LogP contribution in [0.2, 0.25) is 0 Å². The molecule has 2 atom stereocenters. The summed E-state index contributed by atoms with van der Waals surface area (Å²) >= 11 is 1.24. The summed E-state index contributed by atoms with van der Waals surface area (Å²) in [5.41, 5.74) is 0. The van der Waals surface area contributed by atoms with Crippen LogP contribution < -0.4 is 0 Å². The zero-order chi connectivity index (χ0) is 17.3. The van der Waals surface area contributed by atoms with E-state index in [0.29, 0.717) is 10.3 Å². The van der Waals surface area contributed by atoms with E-state index in [9.17, 15) is 14.0 Å². The lowest BCUT2D eigenvalue weighted by Crippen LogP contribution is -2.49. The number of fused-ring (bicyclic) bond motifs is 1. The van der Waals surface area contributed by atoms with Crippen LogP contribution in [0.25, 0.3) is 10.1 Å². The van der Waals surface area contributed by atoms with Gasteiger partial charge in [-0.25, -0.2) is 9.18 Å². The number of halogens is 1. The Morgan fingerprint density at radius 1 is 1.25 bits per heavy atom. The maximum absolute atomic E-state index is 13.2. The fraction of sp³-hybridized carbons (Fsp3) is 0.444. The molecule has 3 rings (SSSR count). The molecule has 2 aromatic rings. The highest BCUT2D eigenvalue weighted by Crippen LogP contribution is 2.27. The van der Waals surface area contributed by atoms with Crippen molar-refractivity contribution in [3.63, 3.8) is 0 Å². The second-order valence-corrected chi connectivity index (χ2v) is 7.38. The Morgan fingerprint density at radius 3 is 2.67 bits per heavy atom. The predicted molar refractivity (Wildman–Crippen MR) is 91.7 cm³/mol. The molecule has 1 fully saturated rings. The van der Waals surface area contributed by atoms with Gasteiger partial charge in [0.15, 0.2) is 6.61 Å². The molecule has 1 aromatic carbocycles. The highest BCUT2D eigenvalue weighted by atomic mass is 32.1. The van der Waals surface area contributed by atoms with Crippen LogP contribution in [-0.2, 0) is 9.53 Å². The molecule has 1 saturated heterocycles. The van der Waals surface area contributed by atoms with Crippen molar-refractivity contribution in [3.05, 3.63) is 35.0 Å². The smallest absolute Gasteiger partial charge is 0.348 e. The van der Waals surface area contributed by atoms with Gasteiger partial charge in [-0.15, -0.1) is 11.3 Å². The van der Waals surface area contributed by atoms with Crippen LogP contribution in [-0.4, -0.2) is 35.5 Å². The van der Waals surface area contributed by atoms with E-state index in [4.69, 9.17) is 4.74 Å². The van der Waals surface area contributed by atoms with Crippen molar-refractivity contribution in [3.8, 4) is 0 Å². The molecule has 0 unspecified atom stereocenters. The van der Waals surface area contributed by atoms with Crippen LogP contribution in [0.3, 0.4) is 0 Å². The number of carbonyl (C=O) groups excluding carboxylic acids is 2. The molecular weight excluding hydrogens is 329 g/mol. The Morgan fingerprint density at radius 2 is 1.96 bits per heavy atom. The van der Waals surface area contributed by atoms with Crippen molar-refractivity contribution in [1.82, 2.24) is 4.90 Å². The average Bonchev–Trinajstić information content (AvgIpc) is 2.95. The van der Waals surface area contributed by atoms with Gasteiger partial charge in [-0.05, 0) is 62.8 Å². The zero-order valence-corrected chi connectivity index (χ0v) is 14.6. The van der Waals surface area contributed by atoms with Gasteiger partial charge in [-0.2, -0.15) is 0 Å². The topological polar surface area (TPSA) is 46.6 Å². The summed E-state index contributed by atoms with van der Waals surface area (Å²) in [6.07, 6.45) is 3.07. The molecule has 0 saturated carbocycles. The minimum atomic E-state index is -0.540. The maximum Gasteiger partial charge on any atom is 0.348 e. The SMILES string of the molecule is C[C@@H]1CCC[C@H](C)N1C(=O)COC(=O)c1cc2cc(F)ccc2s1. The highest BCUT2D eigenvalue weighted by molar-refractivity contribution is 7.20. The van der Waals surface area contributed by atoms with E-state index in [1.807, 2.05) is 18.7 Å². The molecule has 0 N–H and O–H groups in total. The fourth-order valence-corrected chi connectivity index (χ4v) is 4.24. The Kier molecular flexibility index (Phi) is 4.85. The van der Waals surface area contributed by atoms with E-state index in [1.54, 1.807) is 12.1 Å². The second-order valence-electron chi connectivity index (χ2n) is 6.30. The molecule has 0 radical (unpaired) electrons. The average molecular weight is 349 g/mol. The highest BCUT2D eigenvalue weighted by Gasteiger charge is 2.29. The van der Waals surface area contributed by atoms with Crippen molar-refractivity contribution in [1.29, 1.82) is 0 Å². The largest absolute Gasteiger partial charge is 0.451 e. The zero-order valence-electron chi connectivity index (χ0n) is 13.8. The quantitative estimate of drug-likeness (QED) is 0.787. The third-order valence-electron chi connectivity index (χ3n) is 4.49. The summed E-state index contributed by atoms with van der Waals surface area (Å²) in [4.78, 5) is 26.7. The lowest BCUT2D eigenvalue weighted by molar-refractivity contribution is -0.140. The van der Waals surface area contributed by atoms with Crippen molar-refractivity contribution in [2.45, 2.75) is 45.2 Å². The summed E-state index contributed by atoms with van der Waals surface area (Å²) < 4.78 is 19.2. The standard InChI is InChI=1S/C18H20FNO3S/c1-11-4-3-5-12(2)20(11)17(21)10-23-18(22)16-9-13-8-14(19)6-7-15(13)24-16/h6-9,11-12H,3-5,10H2,1-2H3/t11-,12+. The van der Waals surface area contributed by atoms with E-state index < -0.39 is 5.97 Å². The maximum atomic E-state index is 13.2. The lowest BCUT2D eigenvalue weighted by Gasteiger charge is -2.38. The third-order valence-corrected chi connectivity index (χ3v) is 5.58. The number of hydrogen-bond acceptors (Lipinski definition) is 4. The van der Waals surface area contributed by atoms with Gasteiger partial charge >= 0.3 is 5.97 Å². The number of likely N-dealkylation sites (tertiary alicyclic amines) is 1. The van der Waals surface area contributed by atoms with Crippen LogP contribution in [0, 0.1) is 5.82 Å². The van der Waals surface area contributed by atoms with Gasteiger partial charge in [0.25, 0.3) is 5.91 Å². The molecule has 1 aromatic heterocycles. The van der Waals surface area contributed by atoms with E-state index in [2.05, 4.69) is 0 Å². The molecule has 1 aliphatic rings. The molecule has 24 heavy (non-hydrogen) atoms. The number of carbonyl (C=O) groups is 2. The van der Waals surface area contributed by atoms with E-state index in [-0.39, 0.29) is 30.4 Å². The van der Waals surface area contributed by atoms with E-state index in [0.717, 1.165) is 24.0 Å². The van der Waals surface area contributed by atoms with Gasteiger partial charge in [-0.1, -0.05) is 0 Å². The van der Waals surface area contributed by atoms with Crippen LogP contribution in [0.15, 0.2) is 24.3 Å². The van der Waals surface area contributed by atoms with Gasteiger partial charge < -0.3 is 9.64 Å². The van der Waals surface area contributed by atoms with Crippen LogP contribution in [0.5, 0.6) is 0 Å². The van der Waals surface area contributed by atoms with Crippen LogP contribution in [0.1, 0.15) is 42.8 Å².